The topological polar surface area (TPSA) is 74.5 Å². The van der Waals surface area contributed by atoms with Crippen molar-refractivity contribution in [1.82, 2.24) is 4.90 Å². The molecule has 0 unspecified atom stereocenters. The van der Waals surface area contributed by atoms with Gasteiger partial charge in [0.1, 0.15) is 29.8 Å². The fraction of sp³-hybridized carbons (Fsp3) is 0.944. The van der Waals surface area contributed by atoms with E-state index in [4.69, 9.17) is 9.47 Å². The average molecular weight is 373 g/mol. The highest BCUT2D eigenvalue weighted by molar-refractivity contribution is 8.14. The molecular weight excluding hydrogens is 340 g/mol. The Bertz CT molecular complexity index is 470. The SMILES string of the molecule is C[C@H](OCCC1CCCCC1)[C@H]1O[C@@H]2SC(N(C)C)=N[C@@H]2[C@@H](O)[C@@H]1O. The zero-order valence-corrected chi connectivity index (χ0v) is 16.3. The Morgan fingerprint density at radius 3 is 2.64 bits per heavy atom. The first kappa shape index (κ1) is 19.4. The number of aliphatic imine (C=N–C) groups is 1. The maximum absolute atomic E-state index is 10.5. The molecule has 0 aromatic carbocycles. The molecule has 0 radical (unpaired) electrons. The number of thioether (sulfide) groups is 1. The number of amidine groups is 1. The molecule has 2 aliphatic heterocycles. The van der Waals surface area contributed by atoms with Crippen LogP contribution in [0.4, 0.5) is 0 Å². The predicted molar refractivity (Wildman–Crippen MR) is 99.8 cm³/mol. The molecular formula is C18H32N2O4S. The molecule has 3 rings (SSSR count). The molecule has 2 N–H and O–H groups in total. The fourth-order valence-electron chi connectivity index (χ4n) is 3.97. The number of ether oxygens (including phenoxy) is 2. The smallest absolute Gasteiger partial charge is 0.161 e. The van der Waals surface area contributed by atoms with Crippen LogP contribution in [0, 0.1) is 5.92 Å². The molecule has 144 valence electrons. The molecule has 0 spiro atoms. The van der Waals surface area contributed by atoms with Gasteiger partial charge in [-0.05, 0) is 19.3 Å². The summed E-state index contributed by atoms with van der Waals surface area (Å²) in [5, 5.41) is 21.8. The zero-order chi connectivity index (χ0) is 18.0. The average Bonchev–Trinajstić information content (AvgIpc) is 3.03. The van der Waals surface area contributed by atoms with Crippen molar-refractivity contribution >= 4 is 16.9 Å². The van der Waals surface area contributed by atoms with Crippen molar-refractivity contribution in [3.05, 3.63) is 0 Å². The summed E-state index contributed by atoms with van der Waals surface area (Å²) in [4.78, 5) is 6.40. The Morgan fingerprint density at radius 1 is 1.24 bits per heavy atom. The van der Waals surface area contributed by atoms with Crippen LogP contribution < -0.4 is 0 Å². The molecule has 0 aromatic rings. The van der Waals surface area contributed by atoms with Gasteiger partial charge in [-0.1, -0.05) is 43.9 Å². The van der Waals surface area contributed by atoms with Gasteiger partial charge in [0.05, 0.1) is 6.10 Å². The number of hydrogen-bond donors (Lipinski definition) is 2. The number of nitrogens with zero attached hydrogens (tertiary/aromatic N) is 2. The number of aliphatic hydroxyl groups excluding tert-OH is 2. The van der Waals surface area contributed by atoms with E-state index in [1.54, 1.807) is 0 Å². The third-order valence-corrected chi connectivity index (χ3v) is 6.87. The molecule has 6 nitrogen and oxygen atoms in total. The van der Waals surface area contributed by atoms with Crippen LogP contribution >= 0.6 is 11.8 Å². The second kappa shape index (κ2) is 8.57. The number of aliphatic hydroxyl groups is 2. The lowest BCUT2D eigenvalue weighted by atomic mass is 9.87. The third kappa shape index (κ3) is 4.50. The lowest BCUT2D eigenvalue weighted by Gasteiger charge is -2.40. The maximum atomic E-state index is 10.5. The minimum atomic E-state index is -0.975. The highest BCUT2D eigenvalue weighted by atomic mass is 32.2. The molecule has 3 aliphatic rings. The normalized spacial score (nSPS) is 37.5. The van der Waals surface area contributed by atoms with Gasteiger partial charge < -0.3 is 24.6 Å². The van der Waals surface area contributed by atoms with E-state index in [1.807, 2.05) is 25.9 Å². The quantitative estimate of drug-likeness (QED) is 0.767. The highest BCUT2D eigenvalue weighted by Gasteiger charge is 2.50. The van der Waals surface area contributed by atoms with Crippen molar-refractivity contribution in [2.75, 3.05) is 20.7 Å². The van der Waals surface area contributed by atoms with Crippen molar-refractivity contribution in [3.63, 3.8) is 0 Å². The third-order valence-electron chi connectivity index (χ3n) is 5.56. The fourth-order valence-corrected chi connectivity index (χ4v) is 5.12. The van der Waals surface area contributed by atoms with Gasteiger partial charge in [0.15, 0.2) is 5.17 Å². The van der Waals surface area contributed by atoms with Crippen LogP contribution in [0.25, 0.3) is 0 Å². The number of rotatable bonds is 5. The standard InChI is InChI=1S/C18H32N2O4S/c1-11(23-10-9-12-7-5-4-6-8-12)16-15(22)14(21)13-17(24-16)25-18(19-13)20(2)3/h11-17,21-22H,4-10H2,1-3H3/t11-,13+,14+,15-,16+,17+/m0/s1. The summed E-state index contributed by atoms with van der Waals surface area (Å²) in [5.41, 5.74) is -0.259. The molecule has 2 heterocycles. The second-order valence-corrected chi connectivity index (χ2v) is 8.80. The van der Waals surface area contributed by atoms with Crippen molar-refractivity contribution in [2.45, 2.75) is 81.3 Å². The zero-order valence-electron chi connectivity index (χ0n) is 15.5. The summed E-state index contributed by atoms with van der Waals surface area (Å²) in [5.74, 6) is 0.773. The Balaban J connectivity index is 1.50. The number of fused-ring (bicyclic) bond motifs is 1. The van der Waals surface area contributed by atoms with Crippen LogP contribution in [-0.2, 0) is 9.47 Å². The largest absolute Gasteiger partial charge is 0.388 e. The van der Waals surface area contributed by atoms with Gasteiger partial charge in [-0.3, -0.25) is 4.99 Å². The Kier molecular flexibility index (Phi) is 6.65. The van der Waals surface area contributed by atoms with Gasteiger partial charge in [-0.2, -0.15) is 0 Å². The maximum Gasteiger partial charge on any atom is 0.161 e. The van der Waals surface area contributed by atoms with Gasteiger partial charge in [-0.15, -0.1) is 0 Å². The Labute approximate surface area is 155 Å². The van der Waals surface area contributed by atoms with Gasteiger partial charge in [-0.25, -0.2) is 0 Å². The van der Waals surface area contributed by atoms with E-state index in [1.165, 1.54) is 43.9 Å². The van der Waals surface area contributed by atoms with E-state index < -0.39 is 24.4 Å². The molecule has 0 aromatic heterocycles. The molecule has 25 heavy (non-hydrogen) atoms. The van der Waals surface area contributed by atoms with Crippen molar-refractivity contribution in [3.8, 4) is 0 Å². The summed E-state index contributed by atoms with van der Waals surface area (Å²) in [6, 6.07) is -0.414. The molecule has 1 saturated heterocycles. The van der Waals surface area contributed by atoms with E-state index in [2.05, 4.69) is 4.99 Å². The van der Waals surface area contributed by atoms with Crippen molar-refractivity contribution in [2.24, 2.45) is 10.9 Å². The van der Waals surface area contributed by atoms with E-state index >= 15 is 0 Å². The summed E-state index contributed by atoms with van der Waals surface area (Å²) in [7, 11) is 3.83. The van der Waals surface area contributed by atoms with Gasteiger partial charge >= 0.3 is 0 Å². The summed E-state index contributed by atoms with van der Waals surface area (Å²) < 4.78 is 12.0. The lowest BCUT2D eigenvalue weighted by molar-refractivity contribution is -0.191. The van der Waals surface area contributed by atoms with Crippen molar-refractivity contribution in [1.29, 1.82) is 0 Å². The van der Waals surface area contributed by atoms with E-state index in [0.717, 1.165) is 17.5 Å². The molecule has 7 heteroatoms. The summed E-state index contributed by atoms with van der Waals surface area (Å²) in [6.45, 7) is 2.62. The molecule has 0 amide bonds. The van der Waals surface area contributed by atoms with E-state index in [0.29, 0.717) is 6.61 Å². The Hall–Kier alpha value is -0.340. The van der Waals surface area contributed by atoms with E-state index in [9.17, 15) is 10.2 Å². The molecule has 1 aliphatic carbocycles. The monoisotopic (exact) mass is 372 g/mol. The van der Waals surface area contributed by atoms with Crippen LogP contribution in [0.1, 0.15) is 45.4 Å². The van der Waals surface area contributed by atoms with Crippen LogP contribution in [0.5, 0.6) is 0 Å². The molecule has 6 atom stereocenters. The molecule has 2 fully saturated rings. The van der Waals surface area contributed by atoms with Gasteiger partial charge in [0, 0.05) is 20.7 Å². The number of hydrogen-bond acceptors (Lipinski definition) is 7. The lowest BCUT2D eigenvalue weighted by Crippen LogP contribution is -2.58. The van der Waals surface area contributed by atoms with Crippen molar-refractivity contribution < 1.29 is 19.7 Å². The second-order valence-electron chi connectivity index (χ2n) is 7.73. The van der Waals surface area contributed by atoms with Gasteiger partial charge in [0.25, 0.3) is 0 Å². The highest BCUT2D eigenvalue weighted by Crippen LogP contribution is 2.38. The first-order valence-electron chi connectivity index (χ1n) is 9.52. The van der Waals surface area contributed by atoms with Crippen LogP contribution in [-0.4, -0.2) is 76.9 Å². The first-order valence-corrected chi connectivity index (χ1v) is 10.4. The Morgan fingerprint density at radius 2 is 1.96 bits per heavy atom. The first-order chi connectivity index (χ1) is 12.0. The van der Waals surface area contributed by atoms with Gasteiger partial charge in [0.2, 0.25) is 0 Å². The summed E-state index contributed by atoms with van der Waals surface area (Å²) in [6.07, 6.45) is 5.07. The minimum absolute atomic E-state index is 0.252. The van der Waals surface area contributed by atoms with E-state index in [-0.39, 0.29) is 11.5 Å². The van der Waals surface area contributed by atoms with Crippen LogP contribution in [0.2, 0.25) is 0 Å². The predicted octanol–water partition coefficient (Wildman–Crippen LogP) is 1.84. The summed E-state index contributed by atoms with van der Waals surface area (Å²) >= 11 is 1.50. The van der Waals surface area contributed by atoms with Crippen LogP contribution in [0.3, 0.4) is 0 Å². The van der Waals surface area contributed by atoms with Crippen LogP contribution in [0.15, 0.2) is 4.99 Å². The molecule has 0 bridgehead atoms. The molecule has 1 saturated carbocycles. The minimum Gasteiger partial charge on any atom is -0.388 e.